The van der Waals surface area contributed by atoms with E-state index in [1.54, 1.807) is 11.6 Å². The summed E-state index contributed by atoms with van der Waals surface area (Å²) in [5, 5.41) is 3.37. The molecule has 1 amide bonds. The highest BCUT2D eigenvalue weighted by Gasteiger charge is 2.23. The highest BCUT2D eigenvalue weighted by Crippen LogP contribution is 2.33. The number of aromatic nitrogens is 1. The number of anilines is 1. The van der Waals surface area contributed by atoms with Crippen LogP contribution in [0, 0.1) is 5.41 Å². The van der Waals surface area contributed by atoms with Crippen molar-refractivity contribution in [3.63, 3.8) is 0 Å². The Bertz CT molecular complexity index is 571. The molecule has 90 valence electrons. The standard InChI is InChI=1S/C12H13ClN2OS/c1-12(2,3)11(16)15-9-7(13)4-5-8-10(9)14-6-17-8/h4-6H,1-3H3,(H,15,16). The molecular weight excluding hydrogens is 256 g/mol. The van der Waals surface area contributed by atoms with E-state index in [0.717, 1.165) is 10.2 Å². The third-order valence-electron chi connectivity index (χ3n) is 2.37. The van der Waals surface area contributed by atoms with Gasteiger partial charge in [0.25, 0.3) is 0 Å². The molecule has 0 radical (unpaired) electrons. The van der Waals surface area contributed by atoms with Crippen LogP contribution in [-0.2, 0) is 4.79 Å². The predicted molar refractivity (Wildman–Crippen MR) is 72.7 cm³/mol. The molecule has 0 saturated carbocycles. The third-order valence-corrected chi connectivity index (χ3v) is 3.48. The first kappa shape index (κ1) is 12.3. The molecule has 0 fully saturated rings. The number of benzene rings is 1. The molecule has 3 nitrogen and oxygen atoms in total. The Labute approximate surface area is 109 Å². The number of amides is 1. The van der Waals surface area contributed by atoms with Crippen LogP contribution in [0.2, 0.25) is 5.02 Å². The van der Waals surface area contributed by atoms with Crippen LogP contribution >= 0.6 is 22.9 Å². The minimum atomic E-state index is -0.457. The van der Waals surface area contributed by atoms with Crippen molar-refractivity contribution in [2.45, 2.75) is 20.8 Å². The van der Waals surface area contributed by atoms with E-state index < -0.39 is 5.41 Å². The van der Waals surface area contributed by atoms with E-state index in [4.69, 9.17) is 11.6 Å². The zero-order chi connectivity index (χ0) is 12.6. The Hall–Kier alpha value is -1.13. The number of hydrogen-bond donors (Lipinski definition) is 1. The van der Waals surface area contributed by atoms with Gasteiger partial charge in [-0.25, -0.2) is 4.98 Å². The Morgan fingerprint density at radius 1 is 1.41 bits per heavy atom. The van der Waals surface area contributed by atoms with Crippen LogP contribution in [0.1, 0.15) is 20.8 Å². The van der Waals surface area contributed by atoms with Gasteiger partial charge < -0.3 is 5.32 Å². The van der Waals surface area contributed by atoms with Crippen LogP contribution < -0.4 is 5.32 Å². The lowest BCUT2D eigenvalue weighted by Crippen LogP contribution is -2.27. The molecule has 2 rings (SSSR count). The summed E-state index contributed by atoms with van der Waals surface area (Å²) in [7, 11) is 0. The number of hydrogen-bond acceptors (Lipinski definition) is 3. The van der Waals surface area contributed by atoms with Gasteiger partial charge >= 0.3 is 0 Å². The van der Waals surface area contributed by atoms with Gasteiger partial charge in [-0.3, -0.25) is 4.79 Å². The van der Waals surface area contributed by atoms with Crippen molar-refractivity contribution in [3.05, 3.63) is 22.7 Å². The lowest BCUT2D eigenvalue weighted by Gasteiger charge is -2.18. The minimum Gasteiger partial charge on any atom is -0.322 e. The summed E-state index contributed by atoms with van der Waals surface area (Å²) in [5.74, 6) is -0.0695. The van der Waals surface area contributed by atoms with Gasteiger partial charge in [0.05, 0.1) is 20.9 Å². The third kappa shape index (κ3) is 2.42. The quantitative estimate of drug-likeness (QED) is 0.851. The van der Waals surface area contributed by atoms with E-state index in [0.29, 0.717) is 10.7 Å². The highest BCUT2D eigenvalue weighted by atomic mass is 35.5. The molecule has 0 spiro atoms. The lowest BCUT2D eigenvalue weighted by molar-refractivity contribution is -0.123. The van der Waals surface area contributed by atoms with Crippen molar-refractivity contribution in [2.75, 3.05) is 5.32 Å². The smallest absolute Gasteiger partial charge is 0.229 e. The summed E-state index contributed by atoms with van der Waals surface area (Å²) < 4.78 is 1.01. The largest absolute Gasteiger partial charge is 0.322 e. The number of nitrogens with zero attached hydrogens (tertiary/aromatic N) is 1. The molecule has 0 aliphatic heterocycles. The summed E-state index contributed by atoms with van der Waals surface area (Å²) in [5.41, 5.74) is 2.64. The maximum Gasteiger partial charge on any atom is 0.229 e. The van der Waals surface area contributed by atoms with Gasteiger partial charge in [-0.15, -0.1) is 11.3 Å². The summed E-state index contributed by atoms with van der Waals surface area (Å²) in [6.07, 6.45) is 0. The van der Waals surface area contributed by atoms with Crippen LogP contribution in [0.15, 0.2) is 17.6 Å². The van der Waals surface area contributed by atoms with Crippen molar-refractivity contribution in [2.24, 2.45) is 5.41 Å². The number of fused-ring (bicyclic) bond motifs is 1. The average Bonchev–Trinajstić information content (AvgIpc) is 2.68. The van der Waals surface area contributed by atoms with E-state index in [1.165, 1.54) is 11.3 Å². The fraction of sp³-hybridized carbons (Fsp3) is 0.333. The summed E-state index contributed by atoms with van der Waals surface area (Å²) in [6, 6.07) is 3.68. The summed E-state index contributed by atoms with van der Waals surface area (Å²) in [4.78, 5) is 16.2. The molecular formula is C12H13ClN2OS. The molecule has 1 heterocycles. The molecule has 0 unspecified atom stereocenters. The fourth-order valence-electron chi connectivity index (χ4n) is 1.33. The van der Waals surface area contributed by atoms with E-state index in [2.05, 4.69) is 10.3 Å². The van der Waals surface area contributed by atoms with Crippen molar-refractivity contribution in [1.29, 1.82) is 0 Å². The Morgan fingerprint density at radius 3 is 2.76 bits per heavy atom. The molecule has 0 atom stereocenters. The zero-order valence-electron chi connectivity index (χ0n) is 9.87. The number of carbonyl (C=O) groups is 1. The monoisotopic (exact) mass is 268 g/mol. The Balaban J connectivity index is 2.45. The molecule has 1 N–H and O–H groups in total. The van der Waals surface area contributed by atoms with Gasteiger partial charge in [0.2, 0.25) is 5.91 Å². The van der Waals surface area contributed by atoms with Gasteiger partial charge in [-0.1, -0.05) is 32.4 Å². The van der Waals surface area contributed by atoms with Gasteiger partial charge in [0.15, 0.2) is 0 Å². The maximum atomic E-state index is 12.0. The summed E-state index contributed by atoms with van der Waals surface area (Å²) in [6.45, 7) is 5.58. The number of carbonyl (C=O) groups excluding carboxylic acids is 1. The zero-order valence-corrected chi connectivity index (χ0v) is 11.4. The molecule has 0 aliphatic rings. The van der Waals surface area contributed by atoms with Gasteiger partial charge in [0.1, 0.15) is 5.52 Å². The van der Waals surface area contributed by atoms with Crippen molar-refractivity contribution in [3.8, 4) is 0 Å². The van der Waals surface area contributed by atoms with Gasteiger partial charge in [0, 0.05) is 5.41 Å². The molecule has 1 aromatic heterocycles. The second-order valence-corrected chi connectivity index (χ2v) is 6.12. The molecule has 5 heteroatoms. The SMILES string of the molecule is CC(C)(C)C(=O)Nc1c(Cl)ccc2scnc12. The second kappa shape index (κ2) is 4.27. The van der Waals surface area contributed by atoms with E-state index in [-0.39, 0.29) is 5.91 Å². The normalized spacial score (nSPS) is 11.8. The first-order valence-electron chi connectivity index (χ1n) is 5.23. The van der Waals surface area contributed by atoms with Crippen molar-refractivity contribution in [1.82, 2.24) is 4.98 Å². The van der Waals surface area contributed by atoms with Gasteiger partial charge in [-0.05, 0) is 12.1 Å². The predicted octanol–water partition coefficient (Wildman–Crippen LogP) is 3.93. The molecule has 1 aromatic carbocycles. The molecule has 0 aliphatic carbocycles. The molecule has 2 aromatic rings. The number of nitrogens with one attached hydrogen (secondary N) is 1. The van der Waals surface area contributed by atoms with E-state index in [9.17, 15) is 4.79 Å². The first-order chi connectivity index (χ1) is 7.89. The van der Waals surface area contributed by atoms with Crippen LogP contribution in [0.3, 0.4) is 0 Å². The molecule has 0 saturated heterocycles. The number of halogens is 1. The lowest BCUT2D eigenvalue weighted by atomic mass is 9.95. The van der Waals surface area contributed by atoms with Crippen molar-refractivity contribution < 1.29 is 4.79 Å². The van der Waals surface area contributed by atoms with Crippen LogP contribution in [0.4, 0.5) is 5.69 Å². The van der Waals surface area contributed by atoms with Crippen LogP contribution in [0.5, 0.6) is 0 Å². The minimum absolute atomic E-state index is 0.0695. The number of rotatable bonds is 1. The maximum absolute atomic E-state index is 12.0. The Morgan fingerprint density at radius 2 is 2.12 bits per heavy atom. The molecule has 0 bridgehead atoms. The van der Waals surface area contributed by atoms with Crippen LogP contribution in [-0.4, -0.2) is 10.9 Å². The van der Waals surface area contributed by atoms with Gasteiger partial charge in [-0.2, -0.15) is 0 Å². The first-order valence-corrected chi connectivity index (χ1v) is 6.48. The number of thiazole rings is 1. The summed E-state index contributed by atoms with van der Waals surface area (Å²) >= 11 is 7.63. The van der Waals surface area contributed by atoms with Crippen LogP contribution in [0.25, 0.3) is 10.2 Å². The van der Waals surface area contributed by atoms with E-state index in [1.807, 2.05) is 26.8 Å². The fourth-order valence-corrected chi connectivity index (χ4v) is 2.21. The van der Waals surface area contributed by atoms with Crippen molar-refractivity contribution >= 4 is 44.7 Å². The topological polar surface area (TPSA) is 42.0 Å². The molecule has 17 heavy (non-hydrogen) atoms. The highest BCUT2D eigenvalue weighted by molar-refractivity contribution is 7.16. The average molecular weight is 269 g/mol. The Kier molecular flexibility index (Phi) is 3.10. The van der Waals surface area contributed by atoms with E-state index >= 15 is 0 Å². The second-order valence-electron chi connectivity index (χ2n) is 4.83.